The highest BCUT2D eigenvalue weighted by Gasteiger charge is 1.79. The molecule has 0 spiro atoms. The zero-order valence-electron chi connectivity index (χ0n) is 7.79. The minimum Gasteiger partial charge on any atom is -0.516 e. The number of hydrogen-bond donors (Lipinski definition) is 2. The Balaban J connectivity index is 0. The largest absolute Gasteiger partial charge is 0.516 e. The van der Waals surface area contributed by atoms with E-state index < -0.39 is 5.97 Å². The summed E-state index contributed by atoms with van der Waals surface area (Å²) in [6.45, 7) is 3.25. The van der Waals surface area contributed by atoms with Crippen molar-refractivity contribution in [3.63, 3.8) is 0 Å². The van der Waals surface area contributed by atoms with Gasteiger partial charge in [0.1, 0.15) is 0 Å². The summed E-state index contributed by atoms with van der Waals surface area (Å²) in [4.78, 5) is 9.00. The van der Waals surface area contributed by atoms with Crippen LogP contribution in [-0.2, 0) is 4.79 Å². The predicted octanol–water partition coefficient (Wildman–Crippen LogP) is 2.73. The number of carboxylic acid groups (broad SMARTS) is 1. The van der Waals surface area contributed by atoms with Gasteiger partial charge in [0.05, 0.1) is 6.26 Å². The van der Waals surface area contributed by atoms with Gasteiger partial charge in [-0.3, -0.25) is 4.79 Å². The molecule has 0 aromatic heterocycles. The molecule has 3 nitrogen and oxygen atoms in total. The van der Waals surface area contributed by atoms with Crippen LogP contribution in [0.2, 0.25) is 0 Å². The van der Waals surface area contributed by atoms with Crippen molar-refractivity contribution in [3.8, 4) is 0 Å². The van der Waals surface area contributed by atoms with Crippen LogP contribution >= 0.6 is 0 Å². The fraction of sp³-hybridized carbons (Fsp3) is 0.667. The molecule has 0 aliphatic carbocycles. The quantitative estimate of drug-likeness (QED) is 0.509. The van der Waals surface area contributed by atoms with Crippen LogP contribution < -0.4 is 0 Å². The average Bonchev–Trinajstić information content (AvgIpc) is 1.97. The number of carboxylic acids is 1. The molecule has 0 saturated carbocycles. The van der Waals surface area contributed by atoms with Crippen molar-refractivity contribution < 1.29 is 15.0 Å². The molecule has 0 amide bonds. The fourth-order valence-corrected chi connectivity index (χ4v) is 0.587. The molecule has 0 fully saturated rings. The molecule has 0 aliphatic heterocycles. The second kappa shape index (κ2) is 12.7. The molecule has 2 N–H and O–H groups in total. The number of aliphatic hydroxyl groups excluding tert-OH is 1. The predicted molar refractivity (Wildman–Crippen MR) is 49.2 cm³/mol. The van der Waals surface area contributed by atoms with Gasteiger partial charge in [0, 0.05) is 6.92 Å². The molecule has 0 aromatic carbocycles. The molecule has 0 aliphatic rings. The first-order valence-corrected chi connectivity index (χ1v) is 4.13. The lowest BCUT2D eigenvalue weighted by Crippen LogP contribution is -1.78. The average molecular weight is 174 g/mol. The van der Waals surface area contributed by atoms with Crippen LogP contribution in [-0.4, -0.2) is 16.2 Å². The minimum atomic E-state index is -0.833. The Kier molecular flexibility index (Phi) is 14.3. The number of aliphatic carboxylic acids is 1. The van der Waals surface area contributed by atoms with Crippen LogP contribution in [0.15, 0.2) is 12.3 Å². The van der Waals surface area contributed by atoms with E-state index in [0.29, 0.717) is 0 Å². The molecule has 0 heterocycles. The van der Waals surface area contributed by atoms with Crippen LogP contribution in [0.1, 0.15) is 39.5 Å². The fourth-order valence-electron chi connectivity index (χ4n) is 0.587. The van der Waals surface area contributed by atoms with E-state index in [4.69, 9.17) is 15.0 Å². The second-order valence-corrected chi connectivity index (χ2v) is 2.40. The summed E-state index contributed by atoms with van der Waals surface area (Å²) in [6.07, 6.45) is 7.65. The van der Waals surface area contributed by atoms with Gasteiger partial charge < -0.3 is 10.2 Å². The summed E-state index contributed by atoms with van der Waals surface area (Å²) in [5.74, 6) is -0.833. The summed E-state index contributed by atoms with van der Waals surface area (Å²) in [6, 6.07) is 0. The molecular formula is C9H18O3. The first-order chi connectivity index (χ1) is 5.65. The first kappa shape index (κ1) is 13.6. The van der Waals surface area contributed by atoms with Gasteiger partial charge in [0.15, 0.2) is 0 Å². The maximum absolute atomic E-state index is 9.00. The van der Waals surface area contributed by atoms with E-state index in [1.165, 1.54) is 19.3 Å². The SMILES string of the molecule is CC(=O)O.CCCCCC=CO. The highest BCUT2D eigenvalue weighted by Crippen LogP contribution is 1.98. The van der Waals surface area contributed by atoms with Gasteiger partial charge in [-0.1, -0.05) is 25.8 Å². The van der Waals surface area contributed by atoms with Gasteiger partial charge in [-0.05, 0) is 12.8 Å². The molecule has 0 atom stereocenters. The lowest BCUT2D eigenvalue weighted by atomic mass is 10.2. The highest BCUT2D eigenvalue weighted by molar-refractivity contribution is 5.62. The van der Waals surface area contributed by atoms with E-state index in [0.717, 1.165) is 19.6 Å². The third kappa shape index (κ3) is 36.0. The second-order valence-electron chi connectivity index (χ2n) is 2.40. The van der Waals surface area contributed by atoms with E-state index in [1.54, 1.807) is 6.08 Å². The Labute approximate surface area is 73.7 Å². The molecule has 0 unspecified atom stereocenters. The molecule has 0 bridgehead atoms. The maximum Gasteiger partial charge on any atom is 0.300 e. The van der Waals surface area contributed by atoms with Crippen molar-refractivity contribution in [2.45, 2.75) is 39.5 Å². The lowest BCUT2D eigenvalue weighted by molar-refractivity contribution is -0.134. The van der Waals surface area contributed by atoms with Gasteiger partial charge in [0.25, 0.3) is 5.97 Å². The van der Waals surface area contributed by atoms with E-state index in [-0.39, 0.29) is 0 Å². The third-order valence-electron chi connectivity index (χ3n) is 1.08. The number of rotatable bonds is 4. The molecule has 0 radical (unpaired) electrons. The van der Waals surface area contributed by atoms with Crippen molar-refractivity contribution in [1.29, 1.82) is 0 Å². The van der Waals surface area contributed by atoms with E-state index in [1.807, 2.05) is 0 Å². The standard InChI is InChI=1S/C7H14O.C2H4O2/c1-2-3-4-5-6-7-8;1-2(3)4/h6-8H,2-5H2,1H3;1H3,(H,3,4). The van der Waals surface area contributed by atoms with Crippen molar-refractivity contribution >= 4 is 5.97 Å². The summed E-state index contributed by atoms with van der Waals surface area (Å²) in [5, 5.41) is 15.6. The zero-order chi connectivity index (χ0) is 9.82. The number of hydrogen-bond acceptors (Lipinski definition) is 2. The van der Waals surface area contributed by atoms with Gasteiger partial charge in [-0.15, -0.1) is 0 Å². The van der Waals surface area contributed by atoms with Crippen molar-refractivity contribution in [2.75, 3.05) is 0 Å². The number of allylic oxidation sites excluding steroid dienone is 1. The Bertz CT molecular complexity index is 115. The summed E-state index contributed by atoms with van der Waals surface area (Å²) >= 11 is 0. The van der Waals surface area contributed by atoms with Crippen molar-refractivity contribution in [3.05, 3.63) is 12.3 Å². The van der Waals surface area contributed by atoms with Crippen molar-refractivity contribution in [2.24, 2.45) is 0 Å². The smallest absolute Gasteiger partial charge is 0.300 e. The monoisotopic (exact) mass is 174 g/mol. The van der Waals surface area contributed by atoms with Crippen LogP contribution in [0, 0.1) is 0 Å². The Morgan fingerprint density at radius 2 is 1.92 bits per heavy atom. The van der Waals surface area contributed by atoms with Gasteiger partial charge in [-0.25, -0.2) is 0 Å². The molecule has 72 valence electrons. The van der Waals surface area contributed by atoms with Gasteiger partial charge in [0.2, 0.25) is 0 Å². The van der Waals surface area contributed by atoms with E-state index in [9.17, 15) is 0 Å². The molecule has 3 heteroatoms. The summed E-state index contributed by atoms with van der Waals surface area (Å²) in [7, 11) is 0. The minimum absolute atomic E-state index is 0.833. The third-order valence-corrected chi connectivity index (χ3v) is 1.08. The summed E-state index contributed by atoms with van der Waals surface area (Å²) < 4.78 is 0. The van der Waals surface area contributed by atoms with Crippen LogP contribution in [0.5, 0.6) is 0 Å². The highest BCUT2D eigenvalue weighted by atomic mass is 16.4. The number of aliphatic hydroxyl groups is 1. The van der Waals surface area contributed by atoms with Gasteiger partial charge in [-0.2, -0.15) is 0 Å². The Hall–Kier alpha value is -0.990. The van der Waals surface area contributed by atoms with Crippen LogP contribution in [0.25, 0.3) is 0 Å². The molecule has 0 aromatic rings. The Morgan fingerprint density at radius 3 is 2.25 bits per heavy atom. The van der Waals surface area contributed by atoms with Crippen LogP contribution in [0.4, 0.5) is 0 Å². The van der Waals surface area contributed by atoms with Gasteiger partial charge >= 0.3 is 0 Å². The first-order valence-electron chi connectivity index (χ1n) is 4.13. The number of carbonyl (C=O) groups is 1. The van der Waals surface area contributed by atoms with Crippen LogP contribution in [0.3, 0.4) is 0 Å². The topological polar surface area (TPSA) is 57.5 Å². The van der Waals surface area contributed by atoms with E-state index in [2.05, 4.69) is 6.92 Å². The lowest BCUT2D eigenvalue weighted by Gasteiger charge is -1.88. The molecule has 12 heavy (non-hydrogen) atoms. The molecule has 0 saturated heterocycles. The Morgan fingerprint density at radius 1 is 1.42 bits per heavy atom. The normalized spacial score (nSPS) is 9.17. The number of unbranched alkanes of at least 4 members (excludes halogenated alkanes) is 3. The zero-order valence-corrected chi connectivity index (χ0v) is 7.79. The maximum atomic E-state index is 9.00. The molecular weight excluding hydrogens is 156 g/mol. The summed E-state index contributed by atoms with van der Waals surface area (Å²) in [5.41, 5.74) is 0. The van der Waals surface area contributed by atoms with E-state index >= 15 is 0 Å². The van der Waals surface area contributed by atoms with Crippen molar-refractivity contribution in [1.82, 2.24) is 0 Å². The molecule has 0 rings (SSSR count).